The first-order chi connectivity index (χ1) is 15.0. The highest BCUT2D eigenvalue weighted by atomic mass is 16.5. The summed E-state index contributed by atoms with van der Waals surface area (Å²) < 4.78 is 7.69. The van der Waals surface area contributed by atoms with Crippen molar-refractivity contribution in [3.63, 3.8) is 0 Å². The molecule has 3 aromatic heterocycles. The highest BCUT2D eigenvalue weighted by molar-refractivity contribution is 5.86. The summed E-state index contributed by atoms with van der Waals surface area (Å²) in [6.45, 7) is 0.141. The standard InChI is InChI=1S/C22H22N6O3/c1-24-18-5-3-12-2-4-14(9-16(12)27-18)31-10-13-8-17(20(30)19(13)29)28-7-6-15-21(23)25-11-26-22(15)28/h2-9,11,17,19-20,29-30H,10H2,1H3,(H,24,27)(H2,23,25,26)/t17?,19?,20-/m1/s1. The summed E-state index contributed by atoms with van der Waals surface area (Å²) in [6.07, 6.45) is 2.90. The van der Waals surface area contributed by atoms with Crippen LogP contribution in [-0.4, -0.2) is 55.6 Å². The molecule has 0 saturated heterocycles. The summed E-state index contributed by atoms with van der Waals surface area (Å²) in [7, 11) is 1.82. The molecule has 2 unspecified atom stereocenters. The zero-order valence-corrected chi connectivity index (χ0v) is 16.8. The molecule has 4 aromatic rings. The molecule has 5 N–H and O–H groups in total. The highest BCUT2D eigenvalue weighted by Gasteiger charge is 2.36. The first-order valence-electron chi connectivity index (χ1n) is 9.90. The van der Waals surface area contributed by atoms with Crippen LogP contribution in [0.1, 0.15) is 6.04 Å². The van der Waals surface area contributed by atoms with Gasteiger partial charge in [-0.1, -0.05) is 6.08 Å². The zero-order chi connectivity index (χ0) is 21.5. The Morgan fingerprint density at radius 3 is 2.84 bits per heavy atom. The maximum atomic E-state index is 10.7. The van der Waals surface area contributed by atoms with Crippen molar-refractivity contribution in [1.82, 2.24) is 19.5 Å². The number of nitrogens with two attached hydrogens (primary N) is 1. The van der Waals surface area contributed by atoms with Crippen molar-refractivity contribution in [2.75, 3.05) is 24.7 Å². The van der Waals surface area contributed by atoms with Gasteiger partial charge in [0.2, 0.25) is 0 Å². The molecule has 9 nitrogen and oxygen atoms in total. The summed E-state index contributed by atoms with van der Waals surface area (Å²) in [5, 5.41) is 26.0. The van der Waals surface area contributed by atoms with Gasteiger partial charge in [0.05, 0.1) is 16.9 Å². The Labute approximate surface area is 177 Å². The lowest BCUT2D eigenvalue weighted by Crippen LogP contribution is -2.30. The number of pyridine rings is 1. The van der Waals surface area contributed by atoms with Crippen molar-refractivity contribution < 1.29 is 14.9 Å². The molecule has 1 aromatic carbocycles. The number of aliphatic hydroxyl groups excluding tert-OH is 2. The van der Waals surface area contributed by atoms with E-state index >= 15 is 0 Å². The van der Waals surface area contributed by atoms with Crippen LogP contribution in [0.3, 0.4) is 0 Å². The number of aliphatic hydroxyl groups is 2. The molecule has 0 fully saturated rings. The Kier molecular flexibility index (Phi) is 4.68. The molecule has 3 atom stereocenters. The molecule has 0 bridgehead atoms. The van der Waals surface area contributed by atoms with Gasteiger partial charge < -0.3 is 30.6 Å². The van der Waals surface area contributed by atoms with Crippen molar-refractivity contribution >= 4 is 33.6 Å². The Balaban J connectivity index is 1.39. The van der Waals surface area contributed by atoms with E-state index in [2.05, 4.69) is 20.3 Å². The first-order valence-corrected chi connectivity index (χ1v) is 9.90. The molecular weight excluding hydrogens is 396 g/mol. The van der Waals surface area contributed by atoms with Crippen LogP contribution in [0.5, 0.6) is 5.75 Å². The second-order valence-electron chi connectivity index (χ2n) is 7.48. The average Bonchev–Trinajstić information content (AvgIpc) is 3.34. The third-order valence-electron chi connectivity index (χ3n) is 5.62. The van der Waals surface area contributed by atoms with Crippen LogP contribution in [0.4, 0.5) is 11.6 Å². The molecule has 0 aliphatic heterocycles. The van der Waals surface area contributed by atoms with E-state index in [0.29, 0.717) is 28.2 Å². The molecule has 31 heavy (non-hydrogen) atoms. The number of nitrogen functional groups attached to an aromatic ring is 1. The van der Waals surface area contributed by atoms with Crippen LogP contribution in [0.25, 0.3) is 21.9 Å². The van der Waals surface area contributed by atoms with Gasteiger partial charge in [-0.2, -0.15) is 0 Å². The van der Waals surface area contributed by atoms with Crippen LogP contribution >= 0.6 is 0 Å². The fourth-order valence-corrected chi connectivity index (χ4v) is 3.92. The Morgan fingerprint density at radius 2 is 2.00 bits per heavy atom. The topological polar surface area (TPSA) is 131 Å². The summed E-state index contributed by atoms with van der Waals surface area (Å²) in [5.74, 6) is 1.77. The number of rotatable bonds is 5. The quantitative estimate of drug-likeness (QED) is 0.361. The number of hydrogen-bond donors (Lipinski definition) is 4. The van der Waals surface area contributed by atoms with Gasteiger partial charge in [0.15, 0.2) is 0 Å². The van der Waals surface area contributed by atoms with Gasteiger partial charge in [0.1, 0.15) is 48.2 Å². The van der Waals surface area contributed by atoms with E-state index in [1.807, 2.05) is 43.5 Å². The molecule has 1 aliphatic carbocycles. The van der Waals surface area contributed by atoms with Crippen molar-refractivity contribution in [2.24, 2.45) is 0 Å². The molecular formula is C22H22N6O3. The van der Waals surface area contributed by atoms with Gasteiger partial charge in [0, 0.05) is 24.7 Å². The lowest BCUT2D eigenvalue weighted by Gasteiger charge is -2.19. The Morgan fingerprint density at radius 1 is 1.16 bits per heavy atom. The van der Waals surface area contributed by atoms with Crippen LogP contribution in [0.2, 0.25) is 0 Å². The van der Waals surface area contributed by atoms with E-state index in [9.17, 15) is 10.2 Å². The number of fused-ring (bicyclic) bond motifs is 2. The van der Waals surface area contributed by atoms with E-state index in [0.717, 1.165) is 16.7 Å². The number of nitrogens with zero attached hydrogens (tertiary/aromatic N) is 4. The van der Waals surface area contributed by atoms with Gasteiger partial charge in [-0.15, -0.1) is 0 Å². The lowest BCUT2D eigenvalue weighted by molar-refractivity contribution is 0.0295. The summed E-state index contributed by atoms with van der Waals surface area (Å²) in [4.78, 5) is 12.8. The molecule has 0 radical (unpaired) electrons. The summed E-state index contributed by atoms with van der Waals surface area (Å²) in [6, 6.07) is 10.9. The number of benzene rings is 1. The third kappa shape index (κ3) is 3.33. The largest absolute Gasteiger partial charge is 0.489 e. The van der Waals surface area contributed by atoms with Gasteiger partial charge in [-0.05, 0) is 35.9 Å². The van der Waals surface area contributed by atoms with E-state index in [1.54, 1.807) is 16.8 Å². The van der Waals surface area contributed by atoms with E-state index in [1.165, 1.54) is 6.33 Å². The molecule has 158 valence electrons. The van der Waals surface area contributed by atoms with Crippen molar-refractivity contribution in [3.05, 3.63) is 60.6 Å². The number of ether oxygens (including phenoxy) is 1. The van der Waals surface area contributed by atoms with Gasteiger partial charge in [-0.3, -0.25) is 0 Å². The number of nitrogens with one attached hydrogen (secondary N) is 1. The number of aromatic nitrogens is 4. The fraction of sp³-hybridized carbons (Fsp3) is 0.227. The molecule has 0 spiro atoms. The second kappa shape index (κ2) is 7.53. The van der Waals surface area contributed by atoms with Gasteiger partial charge in [-0.25, -0.2) is 15.0 Å². The first kappa shape index (κ1) is 19.3. The maximum Gasteiger partial charge on any atom is 0.146 e. The average molecular weight is 418 g/mol. The van der Waals surface area contributed by atoms with E-state index < -0.39 is 18.2 Å². The minimum Gasteiger partial charge on any atom is -0.489 e. The lowest BCUT2D eigenvalue weighted by atomic mass is 10.1. The van der Waals surface area contributed by atoms with Crippen LogP contribution in [-0.2, 0) is 0 Å². The second-order valence-corrected chi connectivity index (χ2v) is 7.48. The minimum atomic E-state index is -1.05. The predicted molar refractivity (Wildman–Crippen MR) is 118 cm³/mol. The van der Waals surface area contributed by atoms with E-state index in [-0.39, 0.29) is 6.61 Å². The highest BCUT2D eigenvalue weighted by Crippen LogP contribution is 2.33. The third-order valence-corrected chi connectivity index (χ3v) is 5.62. The SMILES string of the molecule is CNc1ccc2ccc(OCC3=CC(n4ccc5c(N)ncnc54)[C@@H](O)C3O)cc2n1. The van der Waals surface area contributed by atoms with E-state index in [4.69, 9.17) is 10.5 Å². The smallest absolute Gasteiger partial charge is 0.146 e. The Bertz CT molecular complexity index is 1300. The molecule has 0 saturated carbocycles. The maximum absolute atomic E-state index is 10.7. The fourth-order valence-electron chi connectivity index (χ4n) is 3.92. The Hall–Kier alpha value is -3.69. The van der Waals surface area contributed by atoms with Crippen molar-refractivity contribution in [3.8, 4) is 5.75 Å². The molecule has 3 heterocycles. The number of anilines is 2. The normalized spacial score (nSPS) is 20.9. The minimum absolute atomic E-state index is 0.141. The van der Waals surface area contributed by atoms with Gasteiger partial charge >= 0.3 is 0 Å². The summed E-state index contributed by atoms with van der Waals surface area (Å²) >= 11 is 0. The van der Waals surface area contributed by atoms with Crippen molar-refractivity contribution in [2.45, 2.75) is 18.2 Å². The van der Waals surface area contributed by atoms with Gasteiger partial charge in [0.25, 0.3) is 0 Å². The molecule has 0 amide bonds. The molecule has 1 aliphatic rings. The zero-order valence-electron chi connectivity index (χ0n) is 16.8. The van der Waals surface area contributed by atoms with Crippen molar-refractivity contribution in [1.29, 1.82) is 0 Å². The van der Waals surface area contributed by atoms with Crippen LogP contribution in [0, 0.1) is 0 Å². The van der Waals surface area contributed by atoms with Crippen LogP contribution in [0.15, 0.2) is 60.6 Å². The molecule has 9 heteroatoms. The molecule has 5 rings (SSSR count). The monoisotopic (exact) mass is 418 g/mol. The number of hydrogen-bond acceptors (Lipinski definition) is 8. The predicted octanol–water partition coefficient (Wildman–Crippen LogP) is 1.89. The van der Waals surface area contributed by atoms with Crippen LogP contribution < -0.4 is 15.8 Å². The summed E-state index contributed by atoms with van der Waals surface area (Å²) in [5.41, 5.74) is 7.91.